The van der Waals surface area contributed by atoms with Crippen molar-refractivity contribution in [2.75, 3.05) is 19.6 Å². The molecule has 2 heterocycles. The lowest BCUT2D eigenvalue weighted by atomic mass is 10.4. The molecule has 0 fully saturated rings. The molecule has 0 aliphatic carbocycles. The van der Waals surface area contributed by atoms with Gasteiger partial charge in [-0.3, -0.25) is 9.67 Å². The molecule has 0 saturated heterocycles. The Labute approximate surface area is 149 Å². The van der Waals surface area contributed by atoms with Crippen LogP contribution in [-0.2, 0) is 13.1 Å². The molecule has 0 radical (unpaired) electrons. The quantitative estimate of drug-likeness (QED) is 0.412. The molecular weight excluding hydrogens is 391 g/mol. The van der Waals surface area contributed by atoms with Gasteiger partial charge >= 0.3 is 0 Å². The molecule has 0 aromatic carbocycles. The lowest BCUT2D eigenvalue weighted by molar-refractivity contribution is 0.618. The summed E-state index contributed by atoms with van der Waals surface area (Å²) < 4.78 is 4.06. The number of hydrogen-bond donors (Lipinski definition) is 2. The largest absolute Gasteiger partial charge is 0.357 e. The average molecular weight is 416 g/mol. The van der Waals surface area contributed by atoms with Crippen LogP contribution in [0.2, 0.25) is 0 Å². The predicted molar refractivity (Wildman–Crippen MR) is 101 cm³/mol. The third-order valence-electron chi connectivity index (χ3n) is 3.03. The van der Waals surface area contributed by atoms with Gasteiger partial charge in [0.15, 0.2) is 5.96 Å². The Hall–Kier alpha value is -1.51. The van der Waals surface area contributed by atoms with Gasteiger partial charge in [0.05, 0.1) is 19.3 Å². The Morgan fingerprint density at radius 1 is 1.23 bits per heavy atom. The van der Waals surface area contributed by atoms with E-state index in [9.17, 15) is 0 Å². The number of rotatable bonds is 7. The predicted octanol–water partition coefficient (Wildman–Crippen LogP) is 1.87. The average Bonchev–Trinajstić information content (AvgIpc) is 3.11. The van der Waals surface area contributed by atoms with Crippen LogP contribution >= 0.6 is 24.0 Å². The number of hydrogen-bond acceptors (Lipinski definition) is 2. The van der Waals surface area contributed by atoms with Crippen LogP contribution in [0.15, 0.2) is 41.9 Å². The molecule has 2 N–H and O–H groups in total. The summed E-state index contributed by atoms with van der Waals surface area (Å²) >= 11 is 0. The van der Waals surface area contributed by atoms with Gasteiger partial charge in [0.25, 0.3) is 0 Å². The highest BCUT2D eigenvalue weighted by atomic mass is 127. The minimum atomic E-state index is 0. The topological polar surface area (TPSA) is 59.2 Å². The number of nitrogens with zero attached hydrogens (tertiary/aromatic N) is 4. The molecule has 6 nitrogen and oxygen atoms in total. The number of aryl methyl sites for hydroxylation is 1. The molecule has 122 valence electrons. The second-order valence-electron chi connectivity index (χ2n) is 4.89. The highest BCUT2D eigenvalue weighted by molar-refractivity contribution is 14.0. The van der Waals surface area contributed by atoms with Crippen LogP contribution in [0, 0.1) is 6.92 Å². The van der Waals surface area contributed by atoms with E-state index in [2.05, 4.69) is 44.6 Å². The molecule has 0 bridgehead atoms. The van der Waals surface area contributed by atoms with E-state index in [-0.39, 0.29) is 24.0 Å². The van der Waals surface area contributed by atoms with Crippen LogP contribution in [0.3, 0.4) is 0 Å². The maximum Gasteiger partial charge on any atom is 0.191 e. The van der Waals surface area contributed by atoms with Gasteiger partial charge in [-0.05, 0) is 31.5 Å². The zero-order valence-corrected chi connectivity index (χ0v) is 15.5. The molecule has 0 amide bonds. The maximum atomic E-state index is 4.56. The van der Waals surface area contributed by atoms with Crippen LogP contribution in [0.25, 0.3) is 0 Å². The lowest BCUT2D eigenvalue weighted by Crippen LogP contribution is -2.39. The fourth-order valence-electron chi connectivity index (χ4n) is 2.02. The van der Waals surface area contributed by atoms with Gasteiger partial charge in [-0.25, -0.2) is 0 Å². The summed E-state index contributed by atoms with van der Waals surface area (Å²) in [5, 5.41) is 10.9. The van der Waals surface area contributed by atoms with Crippen molar-refractivity contribution < 1.29 is 0 Å². The minimum Gasteiger partial charge on any atom is -0.357 e. The second kappa shape index (κ2) is 10.3. The van der Waals surface area contributed by atoms with Gasteiger partial charge in [-0.15, -0.1) is 24.0 Å². The van der Waals surface area contributed by atoms with Crippen LogP contribution in [0.4, 0.5) is 0 Å². The van der Waals surface area contributed by atoms with Crippen molar-refractivity contribution in [3.8, 4) is 0 Å². The van der Waals surface area contributed by atoms with Gasteiger partial charge in [-0.2, -0.15) is 5.10 Å². The molecule has 0 aliphatic heterocycles. The zero-order valence-electron chi connectivity index (χ0n) is 13.2. The SMILES string of the molecule is CCNC(=NCCn1cc(C)cn1)NCCn1cccc1.I. The van der Waals surface area contributed by atoms with E-state index in [4.69, 9.17) is 0 Å². The Bertz CT molecular complexity index is 546. The van der Waals surface area contributed by atoms with Gasteiger partial charge in [0.1, 0.15) is 0 Å². The van der Waals surface area contributed by atoms with Crippen molar-refractivity contribution in [2.24, 2.45) is 4.99 Å². The molecule has 2 aromatic rings. The first-order valence-corrected chi connectivity index (χ1v) is 7.40. The summed E-state index contributed by atoms with van der Waals surface area (Å²) in [5.74, 6) is 0.855. The van der Waals surface area contributed by atoms with Crippen LogP contribution in [-0.4, -0.2) is 39.9 Å². The van der Waals surface area contributed by atoms with E-state index in [0.717, 1.165) is 32.1 Å². The first-order valence-electron chi connectivity index (χ1n) is 7.40. The molecule has 22 heavy (non-hydrogen) atoms. The standard InChI is InChI=1S/C15H24N6.HI/c1-3-16-15(17-6-10-20-8-4-5-9-20)18-7-11-21-13-14(2)12-19-21;/h4-5,8-9,12-13H,3,6-7,10-11H2,1-2H3,(H2,16,17,18);1H. The number of aliphatic imine (C=N–C) groups is 1. The molecular formula is C15H25IN6. The Morgan fingerprint density at radius 3 is 2.64 bits per heavy atom. The summed E-state index contributed by atoms with van der Waals surface area (Å²) in [6.45, 7) is 8.25. The number of aromatic nitrogens is 3. The van der Waals surface area contributed by atoms with Crippen molar-refractivity contribution in [1.29, 1.82) is 0 Å². The molecule has 0 aliphatic rings. The molecule has 0 unspecified atom stereocenters. The van der Waals surface area contributed by atoms with E-state index in [1.807, 2.05) is 36.1 Å². The molecule has 2 aromatic heterocycles. The van der Waals surface area contributed by atoms with E-state index >= 15 is 0 Å². The van der Waals surface area contributed by atoms with Crippen molar-refractivity contribution in [2.45, 2.75) is 26.9 Å². The van der Waals surface area contributed by atoms with Gasteiger partial charge in [0.2, 0.25) is 0 Å². The lowest BCUT2D eigenvalue weighted by Gasteiger charge is -2.11. The Balaban J connectivity index is 0.00000242. The highest BCUT2D eigenvalue weighted by Gasteiger charge is 1.98. The number of guanidine groups is 1. The highest BCUT2D eigenvalue weighted by Crippen LogP contribution is 1.93. The van der Waals surface area contributed by atoms with Crippen LogP contribution in [0.5, 0.6) is 0 Å². The third-order valence-corrected chi connectivity index (χ3v) is 3.03. The van der Waals surface area contributed by atoms with E-state index in [1.54, 1.807) is 0 Å². The van der Waals surface area contributed by atoms with E-state index in [1.165, 1.54) is 5.56 Å². The third kappa shape index (κ3) is 6.50. The molecule has 0 atom stereocenters. The van der Waals surface area contributed by atoms with Crippen molar-refractivity contribution in [3.63, 3.8) is 0 Å². The first-order chi connectivity index (χ1) is 10.3. The van der Waals surface area contributed by atoms with Crippen LogP contribution in [0.1, 0.15) is 12.5 Å². The second-order valence-corrected chi connectivity index (χ2v) is 4.89. The molecule has 0 spiro atoms. The van der Waals surface area contributed by atoms with E-state index in [0.29, 0.717) is 6.54 Å². The van der Waals surface area contributed by atoms with Gasteiger partial charge in [-0.1, -0.05) is 0 Å². The smallest absolute Gasteiger partial charge is 0.191 e. The zero-order chi connectivity index (χ0) is 14.9. The summed E-state index contributed by atoms with van der Waals surface area (Å²) in [6.07, 6.45) is 8.02. The van der Waals surface area contributed by atoms with E-state index < -0.39 is 0 Å². The summed E-state index contributed by atoms with van der Waals surface area (Å²) in [4.78, 5) is 4.56. The summed E-state index contributed by atoms with van der Waals surface area (Å²) in [5.41, 5.74) is 1.18. The summed E-state index contributed by atoms with van der Waals surface area (Å²) in [6, 6.07) is 4.07. The van der Waals surface area contributed by atoms with Crippen molar-refractivity contribution in [3.05, 3.63) is 42.5 Å². The van der Waals surface area contributed by atoms with Crippen molar-refractivity contribution in [1.82, 2.24) is 25.0 Å². The summed E-state index contributed by atoms with van der Waals surface area (Å²) in [7, 11) is 0. The minimum absolute atomic E-state index is 0. The first kappa shape index (κ1) is 18.5. The van der Waals surface area contributed by atoms with Gasteiger partial charge < -0.3 is 15.2 Å². The normalized spacial score (nSPS) is 11.1. The fourth-order valence-corrected chi connectivity index (χ4v) is 2.02. The Morgan fingerprint density at radius 2 is 2.00 bits per heavy atom. The molecule has 0 saturated carbocycles. The van der Waals surface area contributed by atoms with Crippen LogP contribution < -0.4 is 10.6 Å². The van der Waals surface area contributed by atoms with Crippen molar-refractivity contribution >= 4 is 29.9 Å². The van der Waals surface area contributed by atoms with Gasteiger partial charge in [0, 0.05) is 38.2 Å². The monoisotopic (exact) mass is 416 g/mol. The number of halogens is 1. The number of nitrogens with one attached hydrogen (secondary N) is 2. The maximum absolute atomic E-state index is 4.56. The molecule has 7 heteroatoms. The Kier molecular flexibility index (Phi) is 8.64. The molecule has 2 rings (SSSR count). The fraction of sp³-hybridized carbons (Fsp3) is 0.467.